The van der Waals surface area contributed by atoms with Crippen molar-refractivity contribution >= 4 is 49.3 Å². The molecule has 0 amide bonds. The van der Waals surface area contributed by atoms with E-state index in [-0.39, 0.29) is 0 Å². The lowest BCUT2D eigenvalue weighted by atomic mass is 10.0. The number of H-pyrrole nitrogens is 1. The fraction of sp³-hybridized carbons (Fsp3) is 0.227. The molecule has 4 nitrogen and oxygen atoms in total. The summed E-state index contributed by atoms with van der Waals surface area (Å²) in [4.78, 5) is 8.47. The van der Waals surface area contributed by atoms with Gasteiger partial charge in [-0.15, -0.1) is 0 Å². The van der Waals surface area contributed by atoms with Crippen molar-refractivity contribution in [3.05, 3.63) is 57.5 Å². The first kappa shape index (κ1) is 19.2. The van der Waals surface area contributed by atoms with Crippen LogP contribution >= 0.6 is 27.5 Å². The SMILES string of the molecule is COc1cc(-c2[nH]c3c(Br)cc(Cl)cc3c2CCCCN)nc2ccccc12. The lowest BCUT2D eigenvalue weighted by molar-refractivity contribution is 0.419. The zero-order chi connectivity index (χ0) is 19.7. The monoisotopic (exact) mass is 457 g/mol. The number of ether oxygens (including phenoxy) is 1. The minimum absolute atomic E-state index is 0.685. The van der Waals surface area contributed by atoms with E-state index in [1.807, 2.05) is 42.5 Å². The number of unbranched alkanes of at least 4 members (excludes halogenated alkanes) is 1. The highest BCUT2D eigenvalue weighted by atomic mass is 79.9. The number of halogens is 2. The molecular weight excluding hydrogens is 438 g/mol. The van der Waals surface area contributed by atoms with E-state index in [4.69, 9.17) is 27.1 Å². The van der Waals surface area contributed by atoms with Gasteiger partial charge in [0.1, 0.15) is 5.75 Å². The fourth-order valence-electron chi connectivity index (χ4n) is 3.64. The molecule has 0 aliphatic carbocycles. The predicted octanol–water partition coefficient (Wildman–Crippen LogP) is 6.09. The second kappa shape index (κ2) is 8.11. The van der Waals surface area contributed by atoms with Gasteiger partial charge in [-0.3, -0.25) is 0 Å². The van der Waals surface area contributed by atoms with Crippen molar-refractivity contribution in [2.75, 3.05) is 13.7 Å². The number of nitrogens with one attached hydrogen (secondary N) is 1. The molecule has 0 bridgehead atoms. The van der Waals surface area contributed by atoms with Gasteiger partial charge in [-0.05, 0) is 71.6 Å². The van der Waals surface area contributed by atoms with Crippen molar-refractivity contribution in [2.45, 2.75) is 19.3 Å². The third-order valence-corrected chi connectivity index (χ3v) is 5.81. The van der Waals surface area contributed by atoms with Gasteiger partial charge >= 0.3 is 0 Å². The molecule has 0 spiro atoms. The Hall–Kier alpha value is -2.08. The van der Waals surface area contributed by atoms with E-state index in [0.29, 0.717) is 11.6 Å². The normalized spacial score (nSPS) is 11.4. The van der Waals surface area contributed by atoms with E-state index in [9.17, 15) is 0 Å². The minimum atomic E-state index is 0.685. The maximum absolute atomic E-state index is 6.34. The summed E-state index contributed by atoms with van der Waals surface area (Å²) < 4.78 is 6.58. The number of fused-ring (bicyclic) bond motifs is 2. The number of hydrogen-bond acceptors (Lipinski definition) is 3. The highest BCUT2D eigenvalue weighted by Crippen LogP contribution is 2.38. The quantitative estimate of drug-likeness (QED) is 0.344. The Morgan fingerprint density at radius 2 is 1.96 bits per heavy atom. The molecule has 0 aliphatic rings. The lowest BCUT2D eigenvalue weighted by Crippen LogP contribution is -1.99. The second-order valence-corrected chi connectivity index (χ2v) is 8.05. The van der Waals surface area contributed by atoms with Crippen molar-refractivity contribution in [1.29, 1.82) is 0 Å². The van der Waals surface area contributed by atoms with Crippen LogP contribution in [0.5, 0.6) is 5.75 Å². The molecule has 2 aromatic heterocycles. The van der Waals surface area contributed by atoms with E-state index >= 15 is 0 Å². The van der Waals surface area contributed by atoms with Crippen molar-refractivity contribution in [3.8, 4) is 17.1 Å². The molecule has 0 unspecified atom stereocenters. The molecule has 2 heterocycles. The van der Waals surface area contributed by atoms with Gasteiger partial charge in [-0.1, -0.05) is 23.7 Å². The molecule has 2 aromatic carbocycles. The number of nitrogens with two attached hydrogens (primary N) is 1. The Morgan fingerprint density at radius 1 is 1.14 bits per heavy atom. The first-order valence-electron chi connectivity index (χ1n) is 9.26. The standard InChI is InChI=1S/C22H21BrClN3O/c1-28-20-12-19(26-18-8-3-2-7-15(18)20)22-14(6-4-5-9-25)16-10-13(24)11-17(23)21(16)27-22/h2-3,7-8,10-12,27H,4-6,9,25H2,1H3. The van der Waals surface area contributed by atoms with Gasteiger partial charge in [0.05, 0.1) is 29.5 Å². The number of rotatable bonds is 6. The summed E-state index contributed by atoms with van der Waals surface area (Å²) in [7, 11) is 1.69. The Morgan fingerprint density at radius 3 is 2.75 bits per heavy atom. The molecule has 0 radical (unpaired) electrons. The van der Waals surface area contributed by atoms with E-state index in [1.165, 1.54) is 5.56 Å². The molecule has 0 saturated carbocycles. The van der Waals surface area contributed by atoms with Crippen LogP contribution in [0.4, 0.5) is 0 Å². The van der Waals surface area contributed by atoms with Crippen LogP contribution < -0.4 is 10.5 Å². The Kier molecular flexibility index (Phi) is 5.58. The Bertz CT molecular complexity index is 1160. The van der Waals surface area contributed by atoms with Gasteiger partial charge < -0.3 is 15.5 Å². The smallest absolute Gasteiger partial charge is 0.130 e. The number of para-hydroxylation sites is 1. The van der Waals surface area contributed by atoms with Crippen LogP contribution in [-0.2, 0) is 6.42 Å². The van der Waals surface area contributed by atoms with E-state index in [0.717, 1.165) is 62.7 Å². The van der Waals surface area contributed by atoms with Gasteiger partial charge in [0.2, 0.25) is 0 Å². The molecule has 0 fully saturated rings. The number of hydrogen-bond donors (Lipinski definition) is 2. The van der Waals surface area contributed by atoms with Gasteiger partial charge in [0.15, 0.2) is 0 Å². The van der Waals surface area contributed by atoms with Crippen molar-refractivity contribution in [1.82, 2.24) is 9.97 Å². The van der Waals surface area contributed by atoms with Gasteiger partial charge in [-0.2, -0.15) is 0 Å². The molecule has 4 rings (SSSR count). The summed E-state index contributed by atoms with van der Waals surface area (Å²) in [5.74, 6) is 0.810. The largest absolute Gasteiger partial charge is 0.496 e. The Labute approximate surface area is 177 Å². The van der Waals surface area contributed by atoms with Gasteiger partial charge in [-0.25, -0.2) is 4.98 Å². The highest BCUT2D eigenvalue weighted by Gasteiger charge is 2.18. The molecule has 0 atom stereocenters. The minimum Gasteiger partial charge on any atom is -0.496 e. The molecule has 4 aromatic rings. The number of aromatic nitrogens is 2. The Balaban J connectivity index is 1.96. The number of aromatic amines is 1. The van der Waals surface area contributed by atoms with E-state index in [2.05, 4.69) is 20.9 Å². The fourth-order valence-corrected chi connectivity index (χ4v) is 4.55. The van der Waals surface area contributed by atoms with Crippen LogP contribution in [0.2, 0.25) is 5.02 Å². The second-order valence-electron chi connectivity index (χ2n) is 6.76. The topological polar surface area (TPSA) is 63.9 Å². The maximum Gasteiger partial charge on any atom is 0.130 e. The number of methoxy groups -OCH3 is 1. The molecular formula is C22H21BrClN3O. The first-order chi connectivity index (χ1) is 13.6. The molecule has 28 heavy (non-hydrogen) atoms. The average molecular weight is 459 g/mol. The van der Waals surface area contributed by atoms with Crippen LogP contribution in [0.15, 0.2) is 46.9 Å². The zero-order valence-electron chi connectivity index (χ0n) is 15.6. The zero-order valence-corrected chi connectivity index (χ0v) is 17.9. The van der Waals surface area contributed by atoms with Gasteiger partial charge in [0, 0.05) is 26.3 Å². The van der Waals surface area contributed by atoms with E-state index < -0.39 is 0 Å². The number of benzene rings is 2. The summed E-state index contributed by atoms with van der Waals surface area (Å²) in [5, 5.41) is 2.81. The summed E-state index contributed by atoms with van der Waals surface area (Å²) in [5.41, 5.74) is 10.7. The average Bonchev–Trinajstić information content (AvgIpc) is 3.06. The predicted molar refractivity (Wildman–Crippen MR) is 120 cm³/mol. The summed E-state index contributed by atoms with van der Waals surface area (Å²) >= 11 is 9.98. The van der Waals surface area contributed by atoms with Crippen LogP contribution in [0.3, 0.4) is 0 Å². The highest BCUT2D eigenvalue weighted by molar-refractivity contribution is 9.10. The van der Waals surface area contributed by atoms with Crippen LogP contribution in [0.25, 0.3) is 33.2 Å². The molecule has 3 N–H and O–H groups in total. The number of pyridine rings is 1. The maximum atomic E-state index is 6.34. The van der Waals surface area contributed by atoms with Crippen LogP contribution in [0.1, 0.15) is 18.4 Å². The lowest BCUT2D eigenvalue weighted by Gasteiger charge is -2.10. The summed E-state index contributed by atoms with van der Waals surface area (Å²) in [6.45, 7) is 0.685. The van der Waals surface area contributed by atoms with Crippen molar-refractivity contribution < 1.29 is 4.74 Å². The molecule has 144 valence electrons. The molecule has 0 aliphatic heterocycles. The van der Waals surface area contributed by atoms with Crippen LogP contribution in [-0.4, -0.2) is 23.6 Å². The number of aryl methyl sites for hydroxylation is 1. The number of nitrogens with zero attached hydrogens (tertiary/aromatic N) is 1. The third-order valence-electron chi connectivity index (χ3n) is 4.97. The molecule has 6 heteroatoms. The van der Waals surface area contributed by atoms with Crippen molar-refractivity contribution in [2.24, 2.45) is 5.73 Å². The third kappa shape index (κ3) is 3.50. The first-order valence-corrected chi connectivity index (χ1v) is 10.4. The summed E-state index contributed by atoms with van der Waals surface area (Å²) in [6, 6.07) is 13.9. The van der Waals surface area contributed by atoms with Crippen LogP contribution in [0, 0.1) is 0 Å². The van der Waals surface area contributed by atoms with Gasteiger partial charge in [0.25, 0.3) is 0 Å². The molecule has 0 saturated heterocycles. The summed E-state index contributed by atoms with van der Waals surface area (Å²) in [6.07, 6.45) is 2.88. The van der Waals surface area contributed by atoms with E-state index in [1.54, 1.807) is 7.11 Å². The van der Waals surface area contributed by atoms with Crippen molar-refractivity contribution in [3.63, 3.8) is 0 Å².